The molecule has 3 aliphatic rings. The molecule has 2 atom stereocenters. The normalized spacial score (nSPS) is 28.0. The molecule has 5 heteroatoms. The van der Waals surface area contributed by atoms with Crippen LogP contribution in [-0.2, 0) is 4.74 Å². The number of nitrogens with zero attached hydrogens (tertiary/aromatic N) is 3. The fraction of sp³-hybridized carbons (Fsp3) is 0.714. The minimum absolute atomic E-state index is 0.0895. The summed E-state index contributed by atoms with van der Waals surface area (Å²) in [5.74, 6) is 1.54. The smallest absolute Gasteiger partial charge is 0.255 e. The number of aryl methyl sites for hydroxylation is 1. The summed E-state index contributed by atoms with van der Waals surface area (Å²) < 4.78 is 6.19. The molecule has 2 saturated heterocycles. The lowest BCUT2D eigenvalue weighted by Gasteiger charge is -2.38. The van der Waals surface area contributed by atoms with E-state index in [0.717, 1.165) is 44.3 Å². The quantitative estimate of drug-likeness (QED) is 0.834. The summed E-state index contributed by atoms with van der Waals surface area (Å²) in [5.41, 5.74) is 1.63. The second-order valence-corrected chi connectivity index (χ2v) is 8.31. The maximum absolute atomic E-state index is 12.8. The van der Waals surface area contributed by atoms with Crippen LogP contribution in [0.25, 0.3) is 0 Å². The van der Waals surface area contributed by atoms with Crippen molar-refractivity contribution in [2.45, 2.75) is 45.1 Å². The zero-order chi connectivity index (χ0) is 17.9. The van der Waals surface area contributed by atoms with Crippen molar-refractivity contribution in [3.63, 3.8) is 0 Å². The van der Waals surface area contributed by atoms with Crippen LogP contribution in [0, 0.1) is 18.8 Å². The molecule has 1 aromatic rings. The van der Waals surface area contributed by atoms with Gasteiger partial charge in [-0.05, 0) is 44.2 Å². The van der Waals surface area contributed by atoms with Gasteiger partial charge in [-0.2, -0.15) is 0 Å². The van der Waals surface area contributed by atoms with E-state index in [9.17, 15) is 4.79 Å². The topological polar surface area (TPSA) is 45.7 Å². The highest BCUT2D eigenvalue weighted by atomic mass is 16.5. The number of likely N-dealkylation sites (tertiary alicyclic amines) is 1. The molecule has 0 N–H and O–H groups in total. The lowest BCUT2D eigenvalue weighted by Crippen LogP contribution is -2.49. The Hall–Kier alpha value is -1.46. The summed E-state index contributed by atoms with van der Waals surface area (Å²) in [6, 6.07) is 3.79. The van der Waals surface area contributed by atoms with Crippen LogP contribution in [0.4, 0.5) is 0 Å². The van der Waals surface area contributed by atoms with E-state index in [1.165, 1.54) is 32.2 Å². The summed E-state index contributed by atoms with van der Waals surface area (Å²) in [5, 5.41) is 0. The number of carbonyl (C=O) groups excluding carboxylic acids is 1. The molecular weight excluding hydrogens is 326 g/mol. The Labute approximate surface area is 156 Å². The Morgan fingerprint density at radius 3 is 2.81 bits per heavy atom. The summed E-state index contributed by atoms with van der Waals surface area (Å²) in [6.07, 6.45) is 8.53. The fourth-order valence-electron chi connectivity index (χ4n) is 4.80. The van der Waals surface area contributed by atoms with E-state index >= 15 is 0 Å². The number of hydrogen-bond acceptors (Lipinski definition) is 4. The highest BCUT2D eigenvalue weighted by molar-refractivity contribution is 5.94. The molecule has 0 aromatic carbocycles. The van der Waals surface area contributed by atoms with Crippen LogP contribution in [0.3, 0.4) is 0 Å². The first-order valence-corrected chi connectivity index (χ1v) is 10.2. The molecule has 0 bridgehead atoms. The standard InChI is InChI=1S/C21H31N3O2/c1-16-6-7-18(12-22-16)21(25)24-9-8-19-14-23(10-11-26-20(19)15-24)13-17-4-2-3-5-17/h6-7,12,17,19-20H,2-5,8-11,13-15H2,1H3/t19-,20-/m1/s1. The Morgan fingerprint density at radius 2 is 2.04 bits per heavy atom. The van der Waals surface area contributed by atoms with E-state index in [1.54, 1.807) is 6.20 Å². The van der Waals surface area contributed by atoms with Gasteiger partial charge in [-0.1, -0.05) is 12.8 Å². The summed E-state index contributed by atoms with van der Waals surface area (Å²) in [6.45, 7) is 7.69. The van der Waals surface area contributed by atoms with Gasteiger partial charge in [0, 0.05) is 50.5 Å². The van der Waals surface area contributed by atoms with E-state index in [-0.39, 0.29) is 12.0 Å². The minimum atomic E-state index is 0.0895. The molecule has 1 amide bonds. The molecule has 0 unspecified atom stereocenters. The van der Waals surface area contributed by atoms with E-state index < -0.39 is 0 Å². The van der Waals surface area contributed by atoms with Crippen LogP contribution in [-0.4, -0.2) is 66.1 Å². The van der Waals surface area contributed by atoms with Gasteiger partial charge < -0.3 is 14.5 Å². The van der Waals surface area contributed by atoms with Crippen molar-refractivity contribution >= 4 is 5.91 Å². The van der Waals surface area contributed by atoms with Crippen LogP contribution in [0.2, 0.25) is 0 Å². The monoisotopic (exact) mass is 357 g/mol. The number of hydrogen-bond donors (Lipinski definition) is 0. The Bertz CT molecular complexity index is 612. The maximum Gasteiger partial charge on any atom is 0.255 e. The molecule has 1 aromatic heterocycles. The second-order valence-electron chi connectivity index (χ2n) is 8.31. The number of aromatic nitrogens is 1. The van der Waals surface area contributed by atoms with Gasteiger partial charge in [0.2, 0.25) is 0 Å². The van der Waals surface area contributed by atoms with Gasteiger partial charge in [0.1, 0.15) is 0 Å². The van der Waals surface area contributed by atoms with Crippen molar-refractivity contribution in [3.05, 3.63) is 29.6 Å². The first-order valence-electron chi connectivity index (χ1n) is 10.2. The third kappa shape index (κ3) is 4.09. The largest absolute Gasteiger partial charge is 0.375 e. The lowest BCUT2D eigenvalue weighted by molar-refractivity contribution is -0.0171. The van der Waals surface area contributed by atoms with Gasteiger partial charge in [-0.25, -0.2) is 0 Å². The highest BCUT2D eigenvalue weighted by Gasteiger charge is 2.35. The number of ether oxygens (including phenoxy) is 1. The summed E-state index contributed by atoms with van der Waals surface area (Å²) in [4.78, 5) is 21.6. The highest BCUT2D eigenvalue weighted by Crippen LogP contribution is 2.29. The molecular formula is C21H31N3O2. The molecule has 4 rings (SSSR count). The molecule has 2 aliphatic heterocycles. The predicted molar refractivity (Wildman–Crippen MR) is 101 cm³/mol. The molecule has 26 heavy (non-hydrogen) atoms. The Balaban J connectivity index is 1.35. The van der Waals surface area contributed by atoms with Crippen LogP contribution in [0.15, 0.2) is 18.3 Å². The first-order chi connectivity index (χ1) is 12.7. The number of carbonyl (C=O) groups is 1. The van der Waals surface area contributed by atoms with Crippen molar-refractivity contribution in [1.82, 2.24) is 14.8 Å². The SMILES string of the molecule is Cc1ccc(C(=O)N2CC[C@@H]3CN(CC4CCCC4)CCO[C@@H]3C2)cn1. The van der Waals surface area contributed by atoms with Gasteiger partial charge >= 0.3 is 0 Å². The van der Waals surface area contributed by atoms with E-state index in [1.807, 2.05) is 24.0 Å². The zero-order valence-corrected chi connectivity index (χ0v) is 15.9. The van der Waals surface area contributed by atoms with Crippen molar-refractivity contribution in [3.8, 4) is 0 Å². The molecule has 0 radical (unpaired) electrons. The molecule has 1 aliphatic carbocycles. The fourth-order valence-corrected chi connectivity index (χ4v) is 4.80. The maximum atomic E-state index is 12.8. The van der Waals surface area contributed by atoms with Gasteiger partial charge in [0.05, 0.1) is 18.3 Å². The number of fused-ring (bicyclic) bond motifs is 1. The van der Waals surface area contributed by atoms with Crippen molar-refractivity contribution in [2.75, 3.05) is 39.3 Å². The molecule has 1 saturated carbocycles. The number of pyridine rings is 1. The number of piperidine rings is 1. The van der Waals surface area contributed by atoms with Crippen LogP contribution >= 0.6 is 0 Å². The van der Waals surface area contributed by atoms with Gasteiger partial charge in [-0.15, -0.1) is 0 Å². The van der Waals surface area contributed by atoms with Crippen LogP contribution in [0.5, 0.6) is 0 Å². The molecule has 3 heterocycles. The average molecular weight is 357 g/mol. The lowest BCUT2D eigenvalue weighted by atomic mass is 9.92. The van der Waals surface area contributed by atoms with Crippen molar-refractivity contribution < 1.29 is 9.53 Å². The van der Waals surface area contributed by atoms with E-state index in [0.29, 0.717) is 18.0 Å². The number of rotatable bonds is 3. The van der Waals surface area contributed by atoms with Crippen molar-refractivity contribution in [2.24, 2.45) is 11.8 Å². The van der Waals surface area contributed by atoms with Gasteiger partial charge in [0.25, 0.3) is 5.91 Å². The van der Waals surface area contributed by atoms with Gasteiger partial charge in [0.15, 0.2) is 0 Å². The number of amides is 1. The second kappa shape index (κ2) is 8.05. The average Bonchev–Trinajstić information content (AvgIpc) is 3.07. The third-order valence-electron chi connectivity index (χ3n) is 6.36. The molecule has 0 spiro atoms. The first kappa shape index (κ1) is 17.9. The summed E-state index contributed by atoms with van der Waals surface area (Å²) >= 11 is 0. The van der Waals surface area contributed by atoms with E-state index in [4.69, 9.17) is 4.74 Å². The Morgan fingerprint density at radius 1 is 1.19 bits per heavy atom. The third-order valence-corrected chi connectivity index (χ3v) is 6.36. The van der Waals surface area contributed by atoms with Gasteiger partial charge in [-0.3, -0.25) is 9.78 Å². The van der Waals surface area contributed by atoms with Crippen LogP contribution in [0.1, 0.15) is 48.2 Å². The molecule has 142 valence electrons. The van der Waals surface area contributed by atoms with E-state index in [2.05, 4.69) is 9.88 Å². The zero-order valence-electron chi connectivity index (χ0n) is 15.9. The molecule has 5 nitrogen and oxygen atoms in total. The van der Waals surface area contributed by atoms with Crippen LogP contribution < -0.4 is 0 Å². The minimum Gasteiger partial charge on any atom is -0.375 e. The summed E-state index contributed by atoms with van der Waals surface area (Å²) in [7, 11) is 0. The molecule has 3 fully saturated rings. The predicted octanol–water partition coefficient (Wildman–Crippen LogP) is 2.74. The van der Waals surface area contributed by atoms with Crippen molar-refractivity contribution in [1.29, 1.82) is 0 Å². The Kier molecular flexibility index (Phi) is 5.55.